The molecule has 40 heavy (non-hydrogen) atoms. The van der Waals surface area contributed by atoms with Crippen molar-refractivity contribution in [2.75, 3.05) is 42.8 Å². The quantitative estimate of drug-likeness (QED) is 0.0578. The summed E-state index contributed by atoms with van der Waals surface area (Å²) in [6.07, 6.45) is -0.353. The van der Waals surface area contributed by atoms with E-state index >= 15 is 0 Å². The van der Waals surface area contributed by atoms with Crippen LogP contribution in [0.3, 0.4) is 0 Å². The van der Waals surface area contributed by atoms with Gasteiger partial charge in [-0.1, -0.05) is 12.1 Å². The Labute approximate surface area is 241 Å². The average Bonchev–Trinajstić information content (AvgIpc) is 3.32. The summed E-state index contributed by atoms with van der Waals surface area (Å²) >= 11 is 11.7. The molecule has 0 spiro atoms. The topological polar surface area (TPSA) is 228 Å². The van der Waals surface area contributed by atoms with E-state index in [0.29, 0.717) is 43.2 Å². The van der Waals surface area contributed by atoms with Gasteiger partial charge in [0.1, 0.15) is 6.04 Å². The molecule has 0 radical (unpaired) electrons. The molecule has 1 aliphatic rings. The van der Waals surface area contributed by atoms with Crippen molar-refractivity contribution in [2.45, 2.75) is 42.9 Å². The van der Waals surface area contributed by atoms with Crippen LogP contribution < -0.4 is 16.0 Å². The van der Waals surface area contributed by atoms with Crippen LogP contribution in [0.4, 0.5) is 5.69 Å². The zero-order valence-corrected chi connectivity index (χ0v) is 24.8. The van der Waals surface area contributed by atoms with Gasteiger partial charge in [-0.15, -0.1) is 23.2 Å². The van der Waals surface area contributed by atoms with Crippen molar-refractivity contribution in [2.24, 2.45) is 5.73 Å². The number of nitrogens with one attached hydrogen (secondary N) is 1. The second-order valence-electron chi connectivity index (χ2n) is 9.50. The van der Waals surface area contributed by atoms with Gasteiger partial charge in [0.2, 0.25) is 0 Å². The lowest BCUT2D eigenvalue weighted by Gasteiger charge is -2.32. The molecule has 0 aliphatic carbocycles. The molecule has 226 valence electrons. The van der Waals surface area contributed by atoms with E-state index in [9.17, 15) is 48.2 Å². The molecule has 1 aliphatic heterocycles. The van der Waals surface area contributed by atoms with Crippen molar-refractivity contribution < 1.29 is 52.7 Å². The van der Waals surface area contributed by atoms with Gasteiger partial charge >= 0.3 is 27.5 Å². The van der Waals surface area contributed by atoms with Crippen molar-refractivity contribution in [1.29, 1.82) is 0 Å². The summed E-state index contributed by atoms with van der Waals surface area (Å²) in [7, 11) is -11.4. The third-order valence-electron chi connectivity index (χ3n) is 6.94. The summed E-state index contributed by atoms with van der Waals surface area (Å²) in [5, 5.41) is 8.50. The van der Waals surface area contributed by atoms with E-state index < -0.39 is 61.6 Å². The number of carbonyl (C=O) groups excluding carboxylic acids is 3. The van der Waals surface area contributed by atoms with Gasteiger partial charge < -0.3 is 40.6 Å². The van der Waals surface area contributed by atoms with E-state index in [1.165, 1.54) is 0 Å². The summed E-state index contributed by atoms with van der Waals surface area (Å²) in [5.74, 6) is -0.754. The Hall–Kier alpha value is -1.41. The Morgan fingerprint density at radius 1 is 1.12 bits per heavy atom. The molecule has 8 N–H and O–H groups in total. The number of quaternary nitrogens is 1. The van der Waals surface area contributed by atoms with Crippen LogP contribution in [0.1, 0.15) is 24.8 Å². The predicted octanol–water partition coefficient (Wildman–Crippen LogP) is 0.0104. The van der Waals surface area contributed by atoms with Crippen molar-refractivity contribution >= 4 is 62.3 Å². The summed E-state index contributed by atoms with van der Waals surface area (Å²) in [4.78, 5) is 77.6. The summed E-state index contributed by atoms with van der Waals surface area (Å²) in [6.45, 7) is 0.421. The van der Waals surface area contributed by atoms with Crippen LogP contribution in [-0.2, 0) is 29.9 Å². The van der Waals surface area contributed by atoms with E-state index in [4.69, 9.17) is 28.9 Å². The van der Waals surface area contributed by atoms with Crippen LogP contribution in [0.2, 0.25) is 0 Å². The average molecular weight is 648 g/mol. The molecule has 1 saturated heterocycles. The highest BCUT2D eigenvalue weighted by molar-refractivity contribution is 7.72. The van der Waals surface area contributed by atoms with Crippen molar-refractivity contribution in [1.82, 2.24) is 5.32 Å². The lowest BCUT2D eigenvalue weighted by atomic mass is 10.0. The monoisotopic (exact) mass is 647 g/mol. The Morgan fingerprint density at radius 3 is 2.15 bits per heavy atom. The number of aliphatic hydroxyl groups is 1. The smallest absolute Gasteiger partial charge is 0.369 e. The number of benzene rings is 1. The molecule has 3 atom stereocenters. The fraction of sp³-hybridized carbons (Fsp3) is 0.591. The van der Waals surface area contributed by atoms with Gasteiger partial charge in [0.25, 0.3) is 11.0 Å². The van der Waals surface area contributed by atoms with Crippen LogP contribution in [-0.4, -0.2) is 102 Å². The number of carbonyl (C=O) groups is 3. The first-order chi connectivity index (χ1) is 18.6. The van der Waals surface area contributed by atoms with E-state index in [1.54, 1.807) is 12.1 Å². The Bertz CT molecular complexity index is 1120. The zero-order valence-electron chi connectivity index (χ0n) is 21.5. The Balaban J connectivity index is 2.13. The number of nitrogens with two attached hydrogens (primary N) is 1. The van der Waals surface area contributed by atoms with Crippen LogP contribution in [0.15, 0.2) is 24.3 Å². The molecule has 14 nitrogen and oxygen atoms in total. The number of alkyl halides is 2. The number of likely N-dealkylation sites (tertiary alicyclic amines) is 1. The van der Waals surface area contributed by atoms with Gasteiger partial charge in [0.05, 0.1) is 6.54 Å². The van der Waals surface area contributed by atoms with Gasteiger partial charge in [-0.2, -0.15) is 4.48 Å². The van der Waals surface area contributed by atoms with Gasteiger partial charge in [-0.3, -0.25) is 13.9 Å². The van der Waals surface area contributed by atoms with E-state index in [0.717, 1.165) is 5.69 Å². The number of amides is 3. The maximum Gasteiger partial charge on any atom is 0.369 e. The maximum absolute atomic E-state index is 13.4. The molecule has 0 bridgehead atoms. The van der Waals surface area contributed by atoms with Crippen LogP contribution in [0, 0.1) is 0 Å². The maximum atomic E-state index is 13.4. The molecule has 18 heteroatoms. The third kappa shape index (κ3) is 7.70. The zero-order chi connectivity index (χ0) is 30.4. The molecule has 1 heterocycles. The Morgan fingerprint density at radius 2 is 1.68 bits per heavy atom. The molecule has 1 unspecified atom stereocenters. The van der Waals surface area contributed by atoms with Gasteiger partial charge in [0, 0.05) is 62.8 Å². The molecule has 1 aromatic rings. The van der Waals surface area contributed by atoms with Gasteiger partial charge in [-0.25, -0.2) is 9.59 Å². The molecule has 0 aromatic heterocycles. The van der Waals surface area contributed by atoms with Crippen molar-refractivity contribution in [3.63, 3.8) is 0 Å². The highest BCUT2D eigenvalue weighted by atomic mass is 35.5. The van der Waals surface area contributed by atoms with Gasteiger partial charge in [0.15, 0.2) is 6.04 Å². The van der Waals surface area contributed by atoms with E-state index in [-0.39, 0.29) is 19.4 Å². The fourth-order valence-corrected chi connectivity index (χ4v) is 7.29. The minimum absolute atomic E-state index is 0.00618. The van der Waals surface area contributed by atoms with Crippen molar-refractivity contribution in [3.8, 4) is 0 Å². The standard InChI is InChI=1S/C22H34Cl2N4O10P2/c23-8-11-27(12-9-24)17-5-3-16(4-6-17)14-18(25)21(31)28(15-29)13-1-2-19(28)20(30)26-10-7-22(32,39(33,34)35)40(36,37)38/h3-6,15,18-19,32H,1-2,7-14,25H2,(H4-,26,30,33,34,35,36,37,38)/p+1/t18-,19-,28?/m0/s1. The van der Waals surface area contributed by atoms with E-state index in [1.807, 2.05) is 17.0 Å². The highest BCUT2D eigenvalue weighted by Gasteiger charge is 2.59. The second-order valence-corrected chi connectivity index (χ2v) is 14.3. The Kier molecular flexibility index (Phi) is 12.3. The predicted molar refractivity (Wildman–Crippen MR) is 148 cm³/mol. The summed E-state index contributed by atoms with van der Waals surface area (Å²) in [5.41, 5.74) is 7.78. The minimum atomic E-state index is -5.71. The minimum Gasteiger partial charge on any atom is -0.369 e. The first kappa shape index (κ1) is 34.8. The molecule has 1 aromatic carbocycles. The number of nitrogens with zero attached hydrogens (tertiary/aromatic N) is 2. The summed E-state index contributed by atoms with van der Waals surface area (Å²) < 4.78 is 22.1. The second kappa shape index (κ2) is 14.2. The first-order valence-electron chi connectivity index (χ1n) is 12.3. The van der Waals surface area contributed by atoms with Crippen molar-refractivity contribution in [3.05, 3.63) is 29.8 Å². The lowest BCUT2D eigenvalue weighted by molar-refractivity contribution is -0.773. The first-order valence-corrected chi connectivity index (χ1v) is 16.6. The van der Waals surface area contributed by atoms with Crippen LogP contribution in [0.25, 0.3) is 0 Å². The number of halogens is 2. The molecule has 0 saturated carbocycles. The molecule has 1 fully saturated rings. The molecular weight excluding hydrogens is 613 g/mol. The van der Waals surface area contributed by atoms with Gasteiger partial charge in [-0.05, 0) is 17.7 Å². The lowest BCUT2D eigenvalue weighted by Crippen LogP contribution is -2.64. The van der Waals surface area contributed by atoms with Crippen LogP contribution >= 0.6 is 38.4 Å². The number of anilines is 1. The molecular formula is C22H35Cl2N4O10P2+. The molecule has 3 amide bonds. The summed E-state index contributed by atoms with van der Waals surface area (Å²) in [6, 6.07) is 4.84. The fourth-order valence-electron chi connectivity index (χ4n) is 4.71. The number of hydrogen-bond acceptors (Lipinski definition) is 8. The largest absolute Gasteiger partial charge is 0.369 e. The normalized spacial score (nSPS) is 20.6. The van der Waals surface area contributed by atoms with E-state index in [2.05, 4.69) is 5.32 Å². The number of hydrogen-bond donors (Lipinski definition) is 7. The third-order valence-corrected chi connectivity index (χ3v) is 11.2. The number of imide groups is 1. The molecule has 2 rings (SSSR count). The highest BCUT2D eigenvalue weighted by Crippen LogP contribution is 2.68. The number of rotatable bonds is 15. The SMILES string of the molecule is N[C@@H](Cc1ccc(N(CCCl)CCCl)cc1)C(=O)[N+]1(C=O)CCC[C@H]1C(=O)NCCC(O)(P(=O)(O)O)P(=O)(O)O. The van der Waals surface area contributed by atoms with Crippen LogP contribution in [0.5, 0.6) is 0 Å².